The van der Waals surface area contributed by atoms with Crippen molar-refractivity contribution in [2.24, 2.45) is 0 Å². The van der Waals surface area contributed by atoms with Crippen LogP contribution in [-0.2, 0) is 17.6 Å². The number of rotatable bonds is 7. The van der Waals surface area contributed by atoms with Crippen LogP contribution < -0.4 is 5.32 Å². The lowest BCUT2D eigenvalue weighted by atomic mass is 10.1. The zero-order chi connectivity index (χ0) is 15.8. The van der Waals surface area contributed by atoms with Crippen LogP contribution in [0.5, 0.6) is 0 Å². The molecule has 1 amide bonds. The molecule has 0 saturated heterocycles. The molecule has 0 atom stereocenters. The first kappa shape index (κ1) is 16.6. The molecular formula is C19H22ClNO. The van der Waals surface area contributed by atoms with E-state index in [0.717, 1.165) is 29.8 Å². The van der Waals surface area contributed by atoms with Crippen LogP contribution in [0, 0.1) is 6.92 Å². The van der Waals surface area contributed by atoms with Crippen molar-refractivity contribution in [3.05, 3.63) is 70.2 Å². The van der Waals surface area contributed by atoms with Crippen molar-refractivity contribution in [3.63, 3.8) is 0 Å². The van der Waals surface area contributed by atoms with Gasteiger partial charge in [0.15, 0.2) is 0 Å². The third-order valence-corrected chi connectivity index (χ3v) is 4.03. The average Bonchev–Trinajstić information content (AvgIpc) is 2.52. The van der Waals surface area contributed by atoms with E-state index in [2.05, 4.69) is 36.5 Å². The summed E-state index contributed by atoms with van der Waals surface area (Å²) in [5, 5.41) is 3.77. The van der Waals surface area contributed by atoms with Crippen LogP contribution in [0.25, 0.3) is 0 Å². The lowest BCUT2D eigenvalue weighted by molar-refractivity contribution is -0.121. The van der Waals surface area contributed by atoms with E-state index in [0.29, 0.717) is 13.0 Å². The molecule has 0 spiro atoms. The zero-order valence-corrected chi connectivity index (χ0v) is 13.7. The number of benzene rings is 2. The molecule has 0 fully saturated rings. The maximum absolute atomic E-state index is 11.8. The molecule has 2 nitrogen and oxygen atoms in total. The van der Waals surface area contributed by atoms with Gasteiger partial charge in [-0.1, -0.05) is 59.6 Å². The molecule has 116 valence electrons. The molecule has 0 heterocycles. The van der Waals surface area contributed by atoms with Crippen LogP contribution >= 0.6 is 11.6 Å². The van der Waals surface area contributed by atoms with Gasteiger partial charge in [0.1, 0.15) is 0 Å². The number of hydrogen-bond donors (Lipinski definition) is 1. The van der Waals surface area contributed by atoms with Gasteiger partial charge in [0.2, 0.25) is 5.91 Å². The van der Waals surface area contributed by atoms with Crippen LogP contribution in [0.15, 0.2) is 48.5 Å². The Morgan fingerprint density at radius 2 is 1.77 bits per heavy atom. The van der Waals surface area contributed by atoms with Crippen molar-refractivity contribution in [2.45, 2.75) is 32.6 Å². The van der Waals surface area contributed by atoms with Crippen molar-refractivity contribution in [3.8, 4) is 0 Å². The first-order valence-electron chi connectivity index (χ1n) is 7.71. The van der Waals surface area contributed by atoms with E-state index >= 15 is 0 Å². The van der Waals surface area contributed by atoms with Gasteiger partial charge in [-0.2, -0.15) is 0 Å². The van der Waals surface area contributed by atoms with E-state index in [9.17, 15) is 4.79 Å². The van der Waals surface area contributed by atoms with Gasteiger partial charge in [0.25, 0.3) is 0 Å². The van der Waals surface area contributed by atoms with Gasteiger partial charge in [0.05, 0.1) is 0 Å². The third-order valence-electron chi connectivity index (χ3n) is 3.66. The fourth-order valence-corrected chi connectivity index (χ4v) is 2.54. The molecule has 2 rings (SSSR count). The lowest BCUT2D eigenvalue weighted by Gasteiger charge is -2.07. The molecule has 1 N–H and O–H groups in total. The first-order valence-corrected chi connectivity index (χ1v) is 8.08. The summed E-state index contributed by atoms with van der Waals surface area (Å²) in [5.41, 5.74) is 3.59. The highest BCUT2D eigenvalue weighted by Gasteiger charge is 2.03. The lowest BCUT2D eigenvalue weighted by Crippen LogP contribution is -2.25. The van der Waals surface area contributed by atoms with E-state index in [4.69, 9.17) is 11.6 Å². The normalized spacial score (nSPS) is 10.5. The van der Waals surface area contributed by atoms with E-state index in [-0.39, 0.29) is 5.91 Å². The number of amides is 1. The Morgan fingerprint density at radius 1 is 1.05 bits per heavy atom. The number of carbonyl (C=O) groups excluding carboxylic acids is 1. The summed E-state index contributed by atoms with van der Waals surface area (Å²) in [7, 11) is 0. The van der Waals surface area contributed by atoms with Gasteiger partial charge in [-0.3, -0.25) is 4.79 Å². The Hall–Kier alpha value is -1.80. The Morgan fingerprint density at radius 3 is 2.50 bits per heavy atom. The monoisotopic (exact) mass is 315 g/mol. The second-order valence-corrected chi connectivity index (χ2v) is 5.94. The topological polar surface area (TPSA) is 29.1 Å². The fourth-order valence-electron chi connectivity index (χ4n) is 2.31. The minimum absolute atomic E-state index is 0.111. The molecule has 0 radical (unpaired) electrons. The van der Waals surface area contributed by atoms with Gasteiger partial charge in [-0.05, 0) is 43.4 Å². The molecule has 22 heavy (non-hydrogen) atoms. The Kier molecular flexibility index (Phi) is 6.47. The minimum Gasteiger partial charge on any atom is -0.356 e. The second-order valence-electron chi connectivity index (χ2n) is 5.53. The predicted octanol–water partition coefficient (Wildman–Crippen LogP) is 4.33. The third kappa shape index (κ3) is 5.53. The second kappa shape index (κ2) is 8.60. The standard InChI is InChI=1S/C19H22ClNO/c1-15-8-10-16(11-9-15)12-13-19(22)21-14-4-6-17-5-2-3-7-18(17)20/h2-3,5,7-11H,4,6,12-14H2,1H3,(H,21,22). The molecule has 0 bridgehead atoms. The van der Waals surface area contributed by atoms with E-state index in [1.807, 2.05) is 24.3 Å². The molecule has 2 aromatic carbocycles. The molecule has 3 heteroatoms. The van der Waals surface area contributed by atoms with Gasteiger partial charge < -0.3 is 5.32 Å². The highest BCUT2D eigenvalue weighted by atomic mass is 35.5. The fraction of sp³-hybridized carbons (Fsp3) is 0.316. The van der Waals surface area contributed by atoms with Crippen molar-refractivity contribution in [2.75, 3.05) is 6.54 Å². The molecule has 2 aromatic rings. The maximum Gasteiger partial charge on any atom is 0.220 e. The van der Waals surface area contributed by atoms with Gasteiger partial charge in [-0.25, -0.2) is 0 Å². The quantitative estimate of drug-likeness (QED) is 0.757. The van der Waals surface area contributed by atoms with Crippen molar-refractivity contribution >= 4 is 17.5 Å². The Balaban J connectivity index is 1.64. The number of aryl methyl sites for hydroxylation is 3. The Labute approximate surface area is 137 Å². The summed E-state index contributed by atoms with van der Waals surface area (Å²) in [6.45, 7) is 2.76. The van der Waals surface area contributed by atoms with E-state index < -0.39 is 0 Å². The van der Waals surface area contributed by atoms with Crippen LogP contribution in [0.2, 0.25) is 5.02 Å². The smallest absolute Gasteiger partial charge is 0.220 e. The molecule has 0 aliphatic rings. The summed E-state index contributed by atoms with van der Waals surface area (Å²) in [6, 6.07) is 16.2. The van der Waals surface area contributed by atoms with E-state index in [1.54, 1.807) is 0 Å². The summed E-state index contributed by atoms with van der Waals surface area (Å²) >= 11 is 6.11. The van der Waals surface area contributed by atoms with Crippen LogP contribution in [0.3, 0.4) is 0 Å². The highest BCUT2D eigenvalue weighted by molar-refractivity contribution is 6.31. The van der Waals surface area contributed by atoms with Crippen molar-refractivity contribution in [1.29, 1.82) is 0 Å². The highest BCUT2D eigenvalue weighted by Crippen LogP contribution is 2.16. The predicted molar refractivity (Wildman–Crippen MR) is 92.3 cm³/mol. The average molecular weight is 316 g/mol. The summed E-state index contributed by atoms with van der Waals surface area (Å²) in [4.78, 5) is 11.8. The first-order chi connectivity index (χ1) is 10.6. The van der Waals surface area contributed by atoms with Crippen LogP contribution in [-0.4, -0.2) is 12.5 Å². The number of carbonyl (C=O) groups is 1. The summed E-state index contributed by atoms with van der Waals surface area (Å²) in [6.07, 6.45) is 3.11. The summed E-state index contributed by atoms with van der Waals surface area (Å²) < 4.78 is 0. The number of hydrogen-bond acceptors (Lipinski definition) is 1. The molecule has 0 aromatic heterocycles. The molecule has 0 aliphatic heterocycles. The van der Waals surface area contributed by atoms with Gasteiger partial charge >= 0.3 is 0 Å². The minimum atomic E-state index is 0.111. The van der Waals surface area contributed by atoms with Crippen molar-refractivity contribution in [1.82, 2.24) is 5.32 Å². The van der Waals surface area contributed by atoms with Gasteiger partial charge in [0, 0.05) is 18.0 Å². The molecule has 0 aliphatic carbocycles. The SMILES string of the molecule is Cc1ccc(CCC(=O)NCCCc2ccccc2Cl)cc1. The van der Waals surface area contributed by atoms with Crippen LogP contribution in [0.4, 0.5) is 0 Å². The van der Waals surface area contributed by atoms with Crippen LogP contribution in [0.1, 0.15) is 29.5 Å². The molecular weight excluding hydrogens is 294 g/mol. The maximum atomic E-state index is 11.8. The Bertz CT molecular complexity index is 607. The molecule has 0 unspecified atom stereocenters. The van der Waals surface area contributed by atoms with E-state index in [1.165, 1.54) is 11.1 Å². The summed E-state index contributed by atoms with van der Waals surface area (Å²) in [5.74, 6) is 0.111. The number of halogens is 1. The largest absolute Gasteiger partial charge is 0.356 e. The van der Waals surface area contributed by atoms with Gasteiger partial charge in [-0.15, -0.1) is 0 Å². The number of nitrogens with one attached hydrogen (secondary N) is 1. The van der Waals surface area contributed by atoms with Crippen molar-refractivity contribution < 1.29 is 4.79 Å². The zero-order valence-electron chi connectivity index (χ0n) is 12.9. The molecule has 0 saturated carbocycles.